The van der Waals surface area contributed by atoms with E-state index in [1.54, 1.807) is 25.5 Å². The predicted octanol–water partition coefficient (Wildman–Crippen LogP) is 2.28. The number of carbonyl (C=O) groups excluding carboxylic acids is 1. The number of hydrogen-bond donors (Lipinski definition) is 3. The molecule has 1 saturated carbocycles. The first kappa shape index (κ1) is 17.7. The van der Waals surface area contributed by atoms with Crippen LogP contribution >= 0.6 is 0 Å². The minimum Gasteiger partial charge on any atom is -0.472 e. The Morgan fingerprint density at radius 3 is 2.96 bits per heavy atom. The molecule has 7 nitrogen and oxygen atoms in total. The van der Waals surface area contributed by atoms with E-state index in [4.69, 9.17) is 9.68 Å². The second-order valence-corrected chi connectivity index (χ2v) is 7.48. The summed E-state index contributed by atoms with van der Waals surface area (Å²) in [5, 5.41) is 12.3. The molecule has 0 radical (unpaired) electrons. The number of hydrazine groups is 1. The number of nitrogens with zero attached hydrogens (tertiary/aromatic N) is 2. The first-order chi connectivity index (χ1) is 13.1. The number of rotatable bonds is 3. The van der Waals surface area contributed by atoms with Crippen molar-refractivity contribution in [3.8, 4) is 6.07 Å². The van der Waals surface area contributed by atoms with Gasteiger partial charge in [-0.25, -0.2) is 10.4 Å². The molecular weight excluding hydrogens is 342 g/mol. The van der Waals surface area contributed by atoms with Crippen LogP contribution in [0.2, 0.25) is 0 Å². The number of fused-ring (bicyclic) bond motifs is 1. The normalized spacial score (nSPS) is 27.0. The number of hydrogen-bond acceptors (Lipinski definition) is 6. The number of amides is 1. The SMILES string of the molecule is Cc1cc(C#N)c(C)nc1C(=O)NC1CCC2NNC(c3ccoc3)C2C1. The molecule has 2 aliphatic rings. The van der Waals surface area contributed by atoms with Gasteiger partial charge in [0.2, 0.25) is 0 Å². The van der Waals surface area contributed by atoms with Crippen molar-refractivity contribution in [1.82, 2.24) is 21.2 Å². The number of aromatic nitrogens is 1. The number of pyridine rings is 1. The average molecular weight is 365 g/mol. The van der Waals surface area contributed by atoms with Crippen LogP contribution in [0.3, 0.4) is 0 Å². The number of aryl methyl sites for hydroxylation is 2. The zero-order valence-corrected chi connectivity index (χ0v) is 15.5. The van der Waals surface area contributed by atoms with Crippen molar-refractivity contribution in [2.24, 2.45) is 5.92 Å². The predicted molar refractivity (Wildman–Crippen MR) is 98.5 cm³/mol. The molecule has 0 aromatic carbocycles. The molecule has 4 rings (SSSR count). The van der Waals surface area contributed by atoms with Crippen LogP contribution in [-0.4, -0.2) is 23.0 Å². The summed E-state index contributed by atoms with van der Waals surface area (Å²) in [6, 6.07) is 6.51. The van der Waals surface area contributed by atoms with Gasteiger partial charge < -0.3 is 9.73 Å². The lowest BCUT2D eigenvalue weighted by Gasteiger charge is -2.33. The zero-order chi connectivity index (χ0) is 19.0. The highest BCUT2D eigenvalue weighted by Gasteiger charge is 2.41. The third-order valence-corrected chi connectivity index (χ3v) is 5.73. The Kier molecular flexibility index (Phi) is 4.68. The van der Waals surface area contributed by atoms with E-state index in [1.807, 2.05) is 13.0 Å². The highest BCUT2D eigenvalue weighted by Crippen LogP contribution is 2.38. The molecule has 0 bridgehead atoms. The number of nitriles is 1. The lowest BCUT2D eigenvalue weighted by atomic mass is 9.77. The summed E-state index contributed by atoms with van der Waals surface area (Å²) in [7, 11) is 0. The summed E-state index contributed by atoms with van der Waals surface area (Å²) in [5.74, 6) is 0.223. The van der Waals surface area contributed by atoms with E-state index >= 15 is 0 Å². The summed E-state index contributed by atoms with van der Waals surface area (Å²) < 4.78 is 5.23. The van der Waals surface area contributed by atoms with Gasteiger partial charge in [-0.05, 0) is 56.7 Å². The summed E-state index contributed by atoms with van der Waals surface area (Å²) in [4.78, 5) is 17.1. The number of furan rings is 1. The quantitative estimate of drug-likeness (QED) is 0.771. The lowest BCUT2D eigenvalue weighted by Crippen LogP contribution is -2.44. The second kappa shape index (κ2) is 7.14. The van der Waals surface area contributed by atoms with E-state index in [0.717, 1.165) is 30.4 Å². The Balaban J connectivity index is 1.47. The summed E-state index contributed by atoms with van der Waals surface area (Å²) >= 11 is 0. The molecular formula is C20H23N5O2. The van der Waals surface area contributed by atoms with E-state index in [0.29, 0.717) is 28.9 Å². The third-order valence-electron chi connectivity index (χ3n) is 5.73. The van der Waals surface area contributed by atoms with E-state index in [-0.39, 0.29) is 18.0 Å². The van der Waals surface area contributed by atoms with Crippen molar-refractivity contribution in [2.75, 3.05) is 0 Å². The molecule has 1 aliphatic carbocycles. The van der Waals surface area contributed by atoms with Crippen LogP contribution < -0.4 is 16.2 Å². The van der Waals surface area contributed by atoms with Crippen molar-refractivity contribution >= 4 is 5.91 Å². The van der Waals surface area contributed by atoms with E-state index in [1.165, 1.54) is 0 Å². The Hall–Kier alpha value is -2.69. The van der Waals surface area contributed by atoms with Crippen molar-refractivity contribution in [3.63, 3.8) is 0 Å². The minimum absolute atomic E-state index is 0.104. The van der Waals surface area contributed by atoms with Crippen LogP contribution in [0.5, 0.6) is 0 Å². The topological polar surface area (TPSA) is 103 Å². The summed E-state index contributed by atoms with van der Waals surface area (Å²) in [6.45, 7) is 3.57. The molecule has 4 atom stereocenters. The Morgan fingerprint density at radius 1 is 1.37 bits per heavy atom. The molecule has 2 aromatic rings. The zero-order valence-electron chi connectivity index (χ0n) is 15.5. The molecule has 3 heterocycles. The maximum Gasteiger partial charge on any atom is 0.270 e. The van der Waals surface area contributed by atoms with Gasteiger partial charge in [0.15, 0.2) is 0 Å². The standard InChI is InChI=1S/C20H23N5O2/c1-11-7-14(9-21)12(2)22-18(11)20(26)23-15-3-4-17-16(8-15)19(25-24-17)13-5-6-27-10-13/h5-7,10,15-17,19,24-25H,3-4,8H2,1-2H3,(H,23,26). The fourth-order valence-electron chi connectivity index (χ4n) is 4.27. The maximum atomic E-state index is 12.8. The summed E-state index contributed by atoms with van der Waals surface area (Å²) in [6.07, 6.45) is 6.27. The van der Waals surface area contributed by atoms with Gasteiger partial charge in [-0.1, -0.05) is 0 Å². The average Bonchev–Trinajstić information content (AvgIpc) is 3.32. The number of carbonyl (C=O) groups is 1. The highest BCUT2D eigenvalue weighted by molar-refractivity contribution is 5.94. The van der Waals surface area contributed by atoms with Crippen LogP contribution in [-0.2, 0) is 0 Å². The molecule has 0 spiro atoms. The van der Waals surface area contributed by atoms with Gasteiger partial charge in [-0.3, -0.25) is 10.2 Å². The maximum absolute atomic E-state index is 12.8. The molecule has 2 fully saturated rings. The van der Waals surface area contributed by atoms with E-state index in [9.17, 15) is 4.79 Å². The van der Waals surface area contributed by atoms with E-state index < -0.39 is 0 Å². The van der Waals surface area contributed by atoms with Gasteiger partial charge in [0.25, 0.3) is 5.91 Å². The first-order valence-corrected chi connectivity index (χ1v) is 9.29. The van der Waals surface area contributed by atoms with Crippen LogP contribution in [0, 0.1) is 31.1 Å². The van der Waals surface area contributed by atoms with Crippen LogP contribution in [0.1, 0.15) is 58.2 Å². The molecule has 1 amide bonds. The van der Waals surface area contributed by atoms with Gasteiger partial charge >= 0.3 is 0 Å². The molecule has 3 N–H and O–H groups in total. The molecule has 1 aliphatic heterocycles. The van der Waals surface area contributed by atoms with Gasteiger partial charge in [-0.2, -0.15) is 5.26 Å². The third kappa shape index (κ3) is 3.34. The van der Waals surface area contributed by atoms with Crippen molar-refractivity contribution < 1.29 is 9.21 Å². The lowest BCUT2D eigenvalue weighted by molar-refractivity contribution is 0.0909. The van der Waals surface area contributed by atoms with Crippen LogP contribution in [0.25, 0.3) is 0 Å². The monoisotopic (exact) mass is 365 g/mol. The van der Waals surface area contributed by atoms with Gasteiger partial charge in [-0.15, -0.1) is 0 Å². The fourth-order valence-corrected chi connectivity index (χ4v) is 4.27. The van der Waals surface area contributed by atoms with Crippen LogP contribution in [0.4, 0.5) is 0 Å². The molecule has 27 heavy (non-hydrogen) atoms. The van der Waals surface area contributed by atoms with E-state index in [2.05, 4.69) is 27.2 Å². The molecule has 140 valence electrons. The summed E-state index contributed by atoms with van der Waals surface area (Å²) in [5.41, 5.74) is 10.1. The van der Waals surface area contributed by atoms with Crippen molar-refractivity contribution in [3.05, 3.63) is 52.7 Å². The van der Waals surface area contributed by atoms with Gasteiger partial charge in [0, 0.05) is 17.6 Å². The largest absolute Gasteiger partial charge is 0.472 e. The van der Waals surface area contributed by atoms with Gasteiger partial charge in [0.1, 0.15) is 11.8 Å². The molecule has 7 heteroatoms. The van der Waals surface area contributed by atoms with Crippen molar-refractivity contribution in [2.45, 2.75) is 51.2 Å². The van der Waals surface area contributed by atoms with Crippen molar-refractivity contribution in [1.29, 1.82) is 5.26 Å². The Labute approximate surface area is 158 Å². The fraction of sp³-hybridized carbons (Fsp3) is 0.450. The molecule has 2 aromatic heterocycles. The van der Waals surface area contributed by atoms with Gasteiger partial charge in [0.05, 0.1) is 29.8 Å². The Bertz CT molecular complexity index is 887. The second-order valence-electron chi connectivity index (χ2n) is 7.48. The molecule has 4 unspecified atom stereocenters. The minimum atomic E-state index is -0.165. The Morgan fingerprint density at radius 2 is 2.22 bits per heavy atom. The molecule has 1 saturated heterocycles. The highest BCUT2D eigenvalue weighted by atomic mass is 16.3. The smallest absolute Gasteiger partial charge is 0.270 e. The number of nitrogens with one attached hydrogen (secondary N) is 3. The first-order valence-electron chi connectivity index (χ1n) is 9.29. The van der Waals surface area contributed by atoms with Crippen LogP contribution in [0.15, 0.2) is 29.1 Å².